The van der Waals surface area contributed by atoms with E-state index in [0.717, 1.165) is 33.1 Å². The Hall–Kier alpha value is -2.10. The second-order valence-corrected chi connectivity index (χ2v) is 5.59. The van der Waals surface area contributed by atoms with Crippen LogP contribution in [0.5, 0.6) is 0 Å². The third-order valence-electron chi connectivity index (χ3n) is 3.58. The number of thiophene rings is 1. The molecule has 2 nitrogen and oxygen atoms in total. The van der Waals surface area contributed by atoms with Gasteiger partial charge in [-0.2, -0.15) is 11.3 Å². The highest BCUT2D eigenvalue weighted by atomic mass is 32.1. The molecule has 2 aromatic heterocycles. The zero-order chi connectivity index (χ0) is 13.5. The number of hydrogen-bond acceptors (Lipinski definition) is 3. The van der Waals surface area contributed by atoms with E-state index in [0.29, 0.717) is 0 Å². The number of benzene rings is 2. The van der Waals surface area contributed by atoms with Crippen molar-refractivity contribution in [2.24, 2.45) is 0 Å². The molecule has 0 radical (unpaired) electrons. The minimum Gasteiger partial charge on any atom is -0.456 e. The number of aliphatic hydroxyl groups excluding tert-OH is 1. The van der Waals surface area contributed by atoms with Crippen molar-refractivity contribution in [3.63, 3.8) is 0 Å². The molecule has 1 unspecified atom stereocenters. The molecule has 0 saturated carbocycles. The van der Waals surface area contributed by atoms with Gasteiger partial charge in [0.05, 0.1) is 0 Å². The number of aliphatic hydroxyl groups is 1. The first-order chi connectivity index (χ1) is 9.83. The molecule has 4 aromatic rings. The predicted octanol–water partition coefficient (Wildman–Crippen LogP) is 4.73. The summed E-state index contributed by atoms with van der Waals surface area (Å²) in [5.74, 6) is 0. The Balaban J connectivity index is 1.91. The number of rotatable bonds is 2. The summed E-state index contributed by atoms with van der Waals surface area (Å²) < 4.78 is 5.80. The van der Waals surface area contributed by atoms with Crippen molar-refractivity contribution in [2.45, 2.75) is 6.10 Å². The molecule has 0 saturated heterocycles. The molecule has 0 spiro atoms. The van der Waals surface area contributed by atoms with Crippen LogP contribution in [0.2, 0.25) is 0 Å². The minimum atomic E-state index is -0.584. The summed E-state index contributed by atoms with van der Waals surface area (Å²) in [6, 6.07) is 15.8. The average molecular weight is 280 g/mol. The summed E-state index contributed by atoms with van der Waals surface area (Å²) in [5.41, 5.74) is 3.56. The molecule has 1 atom stereocenters. The van der Waals surface area contributed by atoms with Gasteiger partial charge in [0.2, 0.25) is 0 Å². The van der Waals surface area contributed by atoms with Crippen LogP contribution in [0.4, 0.5) is 0 Å². The molecule has 0 aliphatic rings. The van der Waals surface area contributed by atoms with E-state index in [1.54, 1.807) is 11.3 Å². The third kappa shape index (κ3) is 1.75. The molecule has 0 aliphatic heterocycles. The van der Waals surface area contributed by atoms with Gasteiger partial charge in [-0.05, 0) is 46.2 Å². The Morgan fingerprint density at radius 2 is 1.75 bits per heavy atom. The monoisotopic (exact) mass is 280 g/mol. The summed E-state index contributed by atoms with van der Waals surface area (Å²) in [4.78, 5) is 0. The fourth-order valence-corrected chi connectivity index (χ4v) is 3.22. The van der Waals surface area contributed by atoms with Gasteiger partial charge in [0.1, 0.15) is 17.3 Å². The Kier molecular flexibility index (Phi) is 2.62. The first-order valence-electron chi connectivity index (χ1n) is 6.44. The standard InChI is InChI=1S/C17H12O2S/c18-17(12-7-8-20-10-12)11-5-6-16-14(9-11)13-3-1-2-4-15(13)19-16/h1-10,17-18H. The molecule has 0 fully saturated rings. The van der Waals surface area contributed by atoms with Gasteiger partial charge in [0, 0.05) is 10.8 Å². The fraction of sp³-hybridized carbons (Fsp3) is 0.0588. The number of hydrogen-bond donors (Lipinski definition) is 1. The highest BCUT2D eigenvalue weighted by molar-refractivity contribution is 7.08. The molecule has 98 valence electrons. The maximum atomic E-state index is 10.4. The van der Waals surface area contributed by atoms with Crippen LogP contribution in [0.3, 0.4) is 0 Å². The highest BCUT2D eigenvalue weighted by Gasteiger charge is 2.13. The van der Waals surface area contributed by atoms with Crippen LogP contribution in [-0.4, -0.2) is 5.11 Å². The lowest BCUT2D eigenvalue weighted by atomic mass is 10.0. The molecule has 2 heterocycles. The van der Waals surface area contributed by atoms with Crippen LogP contribution in [-0.2, 0) is 0 Å². The molecule has 3 heteroatoms. The van der Waals surface area contributed by atoms with E-state index in [2.05, 4.69) is 0 Å². The molecule has 2 aromatic carbocycles. The summed E-state index contributed by atoms with van der Waals surface area (Å²) in [6.07, 6.45) is -0.584. The largest absolute Gasteiger partial charge is 0.456 e. The van der Waals surface area contributed by atoms with E-state index in [1.165, 1.54) is 0 Å². The smallest absolute Gasteiger partial charge is 0.135 e. The van der Waals surface area contributed by atoms with Crippen molar-refractivity contribution in [3.8, 4) is 0 Å². The Morgan fingerprint density at radius 1 is 0.900 bits per heavy atom. The van der Waals surface area contributed by atoms with E-state index in [1.807, 2.05) is 59.3 Å². The molecule has 0 bridgehead atoms. The SMILES string of the molecule is OC(c1ccsc1)c1ccc2oc3ccccc3c2c1. The van der Waals surface area contributed by atoms with E-state index in [4.69, 9.17) is 4.42 Å². The van der Waals surface area contributed by atoms with Gasteiger partial charge in [-0.15, -0.1) is 0 Å². The second kappa shape index (κ2) is 4.47. The Morgan fingerprint density at radius 3 is 2.60 bits per heavy atom. The van der Waals surface area contributed by atoms with Crippen molar-refractivity contribution in [2.75, 3.05) is 0 Å². The van der Waals surface area contributed by atoms with E-state index in [-0.39, 0.29) is 0 Å². The lowest BCUT2D eigenvalue weighted by molar-refractivity contribution is 0.221. The molecule has 0 amide bonds. The summed E-state index contributed by atoms with van der Waals surface area (Å²) >= 11 is 1.59. The van der Waals surface area contributed by atoms with Gasteiger partial charge < -0.3 is 9.52 Å². The molecular formula is C17H12O2S. The Bertz CT molecular complexity index is 874. The average Bonchev–Trinajstić information content (AvgIpc) is 3.13. The van der Waals surface area contributed by atoms with Crippen LogP contribution >= 0.6 is 11.3 Å². The van der Waals surface area contributed by atoms with Gasteiger partial charge >= 0.3 is 0 Å². The van der Waals surface area contributed by atoms with Gasteiger partial charge in [-0.1, -0.05) is 24.3 Å². The van der Waals surface area contributed by atoms with E-state index < -0.39 is 6.10 Å². The minimum absolute atomic E-state index is 0.584. The quantitative estimate of drug-likeness (QED) is 0.576. The van der Waals surface area contributed by atoms with Gasteiger partial charge in [0.15, 0.2) is 0 Å². The maximum Gasteiger partial charge on any atom is 0.135 e. The number of fused-ring (bicyclic) bond motifs is 3. The topological polar surface area (TPSA) is 33.4 Å². The maximum absolute atomic E-state index is 10.4. The van der Waals surface area contributed by atoms with Crippen LogP contribution in [0.25, 0.3) is 21.9 Å². The molecule has 0 aliphatic carbocycles. The van der Waals surface area contributed by atoms with Crippen molar-refractivity contribution in [1.29, 1.82) is 0 Å². The van der Waals surface area contributed by atoms with E-state index >= 15 is 0 Å². The number of furan rings is 1. The first kappa shape index (κ1) is 11.7. The first-order valence-corrected chi connectivity index (χ1v) is 7.38. The van der Waals surface area contributed by atoms with Crippen molar-refractivity contribution in [1.82, 2.24) is 0 Å². The van der Waals surface area contributed by atoms with Crippen LogP contribution in [0.1, 0.15) is 17.2 Å². The Labute approximate surface area is 119 Å². The molecular weight excluding hydrogens is 268 g/mol. The zero-order valence-corrected chi connectivity index (χ0v) is 11.4. The highest BCUT2D eigenvalue weighted by Crippen LogP contribution is 2.32. The van der Waals surface area contributed by atoms with Crippen LogP contribution in [0, 0.1) is 0 Å². The zero-order valence-electron chi connectivity index (χ0n) is 10.6. The van der Waals surface area contributed by atoms with Crippen LogP contribution in [0.15, 0.2) is 63.7 Å². The second-order valence-electron chi connectivity index (χ2n) is 4.81. The summed E-state index contributed by atoms with van der Waals surface area (Å²) in [6.45, 7) is 0. The fourth-order valence-electron chi connectivity index (χ4n) is 2.54. The lowest BCUT2D eigenvalue weighted by Gasteiger charge is -2.09. The van der Waals surface area contributed by atoms with Crippen LogP contribution < -0.4 is 0 Å². The normalized spacial score (nSPS) is 13.1. The molecule has 4 rings (SSSR count). The van der Waals surface area contributed by atoms with E-state index in [9.17, 15) is 5.11 Å². The molecule has 20 heavy (non-hydrogen) atoms. The predicted molar refractivity (Wildman–Crippen MR) is 82.1 cm³/mol. The van der Waals surface area contributed by atoms with Gasteiger partial charge in [0.25, 0.3) is 0 Å². The van der Waals surface area contributed by atoms with Crippen molar-refractivity contribution in [3.05, 3.63) is 70.4 Å². The van der Waals surface area contributed by atoms with Crippen molar-refractivity contribution < 1.29 is 9.52 Å². The summed E-state index contributed by atoms with van der Waals surface area (Å²) in [7, 11) is 0. The molecule has 1 N–H and O–H groups in total. The summed E-state index contributed by atoms with van der Waals surface area (Å²) in [5, 5.41) is 16.5. The van der Waals surface area contributed by atoms with Gasteiger partial charge in [-0.3, -0.25) is 0 Å². The lowest BCUT2D eigenvalue weighted by Crippen LogP contribution is -1.97. The number of para-hydroxylation sites is 1. The van der Waals surface area contributed by atoms with Gasteiger partial charge in [-0.25, -0.2) is 0 Å². The third-order valence-corrected chi connectivity index (χ3v) is 4.28. The van der Waals surface area contributed by atoms with Crippen molar-refractivity contribution >= 4 is 33.3 Å².